The molecule has 0 saturated heterocycles. The van der Waals surface area contributed by atoms with Crippen LogP contribution in [0.5, 0.6) is 5.75 Å². The molecule has 2 aromatic heterocycles. The summed E-state index contributed by atoms with van der Waals surface area (Å²) in [4.78, 5) is 16.6. The van der Waals surface area contributed by atoms with Gasteiger partial charge in [0.25, 0.3) is 5.56 Å². The molecule has 0 radical (unpaired) electrons. The molecule has 0 fully saturated rings. The molecule has 3 aromatic rings. The van der Waals surface area contributed by atoms with Crippen LogP contribution in [0.2, 0.25) is 0 Å². The smallest absolute Gasteiger partial charge is 0.260 e. The van der Waals surface area contributed by atoms with Crippen LogP contribution < -0.4 is 5.56 Å². The Bertz CT molecular complexity index is 870. The summed E-state index contributed by atoms with van der Waals surface area (Å²) in [5.74, 6) is -0.0143. The highest BCUT2D eigenvalue weighted by Crippen LogP contribution is 2.22. The average molecular weight is 345 g/mol. The van der Waals surface area contributed by atoms with Gasteiger partial charge in [-0.1, -0.05) is 29.8 Å². The summed E-state index contributed by atoms with van der Waals surface area (Å²) in [7, 11) is 0. The number of halogens is 1. The van der Waals surface area contributed by atoms with Gasteiger partial charge in [-0.15, -0.1) is 0 Å². The molecule has 4 nitrogen and oxygen atoms in total. The normalized spacial score (nSPS) is 11.0. The maximum Gasteiger partial charge on any atom is 0.260 e. The van der Waals surface area contributed by atoms with Crippen LogP contribution in [0.4, 0.5) is 0 Å². The molecule has 0 saturated carbocycles. The van der Waals surface area contributed by atoms with Crippen molar-refractivity contribution in [1.82, 2.24) is 9.55 Å². The van der Waals surface area contributed by atoms with Gasteiger partial charge in [0.2, 0.25) is 0 Å². The topological polar surface area (TPSA) is 55.1 Å². The lowest BCUT2D eigenvalue weighted by atomic mass is 10.1. The van der Waals surface area contributed by atoms with Gasteiger partial charge < -0.3 is 9.67 Å². The lowest BCUT2D eigenvalue weighted by Crippen LogP contribution is -2.20. The monoisotopic (exact) mass is 344 g/mol. The highest BCUT2D eigenvalue weighted by atomic mass is 79.9. The number of benzene rings is 1. The summed E-state index contributed by atoms with van der Waals surface area (Å²) in [6, 6.07) is 9.48. The van der Waals surface area contributed by atoms with E-state index in [4.69, 9.17) is 0 Å². The molecule has 1 aromatic carbocycles. The second kappa shape index (κ2) is 5.33. The first-order valence-corrected chi connectivity index (χ1v) is 7.27. The molecule has 0 aliphatic heterocycles. The van der Waals surface area contributed by atoms with Crippen LogP contribution in [0.15, 0.2) is 52.0 Å². The van der Waals surface area contributed by atoms with Crippen molar-refractivity contribution in [3.63, 3.8) is 0 Å². The number of nitrogens with zero attached hydrogens (tertiary/aromatic N) is 2. The largest absolute Gasteiger partial charge is 0.506 e. The van der Waals surface area contributed by atoms with Crippen LogP contribution in [0.25, 0.3) is 10.9 Å². The Hall–Kier alpha value is -2.14. The number of aryl methyl sites for hydroxylation is 1. The van der Waals surface area contributed by atoms with Gasteiger partial charge >= 0.3 is 0 Å². The van der Waals surface area contributed by atoms with E-state index in [-0.39, 0.29) is 11.3 Å². The van der Waals surface area contributed by atoms with E-state index >= 15 is 0 Å². The summed E-state index contributed by atoms with van der Waals surface area (Å²) >= 11 is 3.43. The van der Waals surface area contributed by atoms with Gasteiger partial charge in [0.1, 0.15) is 5.75 Å². The first kappa shape index (κ1) is 13.8. The van der Waals surface area contributed by atoms with Crippen molar-refractivity contribution in [1.29, 1.82) is 0 Å². The predicted octanol–water partition coefficient (Wildman–Crippen LogP) is 3.22. The van der Waals surface area contributed by atoms with Crippen molar-refractivity contribution in [2.45, 2.75) is 13.5 Å². The standard InChI is InChI=1S/C16H13BrN2O2/c1-10-2-4-11(5-3-10)8-19-9-14(17)15-13(16(19)21)6-12(20)7-18-15/h2-7,9,20H,8H2,1H3. The molecule has 5 heteroatoms. The molecule has 3 rings (SSSR count). The Kier molecular flexibility index (Phi) is 3.51. The molecular weight excluding hydrogens is 332 g/mol. The fraction of sp³-hybridized carbons (Fsp3) is 0.125. The molecule has 0 amide bonds. The first-order chi connectivity index (χ1) is 10.0. The Balaban J connectivity index is 2.13. The summed E-state index contributed by atoms with van der Waals surface area (Å²) in [6.45, 7) is 2.50. The van der Waals surface area contributed by atoms with Gasteiger partial charge in [-0.2, -0.15) is 0 Å². The van der Waals surface area contributed by atoms with Crippen molar-refractivity contribution >= 4 is 26.8 Å². The quantitative estimate of drug-likeness (QED) is 0.776. The van der Waals surface area contributed by atoms with E-state index in [9.17, 15) is 9.90 Å². The number of rotatable bonds is 2. The van der Waals surface area contributed by atoms with Crippen LogP contribution in [0, 0.1) is 6.92 Å². The van der Waals surface area contributed by atoms with E-state index in [0.29, 0.717) is 17.4 Å². The van der Waals surface area contributed by atoms with Crippen molar-refractivity contribution in [3.8, 4) is 5.75 Å². The SMILES string of the molecule is Cc1ccc(Cn2cc(Br)c3ncc(O)cc3c2=O)cc1. The zero-order chi connectivity index (χ0) is 15.0. The molecular formula is C16H13BrN2O2. The Labute approximate surface area is 129 Å². The molecule has 2 heterocycles. The van der Waals surface area contributed by atoms with Crippen LogP contribution in [-0.4, -0.2) is 14.7 Å². The second-order valence-corrected chi connectivity index (χ2v) is 5.84. The van der Waals surface area contributed by atoms with E-state index < -0.39 is 0 Å². The van der Waals surface area contributed by atoms with Crippen molar-refractivity contribution in [2.75, 3.05) is 0 Å². The minimum absolute atomic E-state index is 0.0143. The van der Waals surface area contributed by atoms with E-state index in [1.54, 1.807) is 10.8 Å². The number of hydrogen-bond acceptors (Lipinski definition) is 3. The van der Waals surface area contributed by atoms with Gasteiger partial charge in [-0.3, -0.25) is 9.78 Å². The molecule has 0 spiro atoms. The molecule has 1 N–H and O–H groups in total. The molecule has 0 aliphatic rings. The third-order valence-electron chi connectivity index (χ3n) is 3.33. The molecule has 0 atom stereocenters. The third kappa shape index (κ3) is 2.69. The Morgan fingerprint density at radius 3 is 2.71 bits per heavy atom. The molecule has 106 valence electrons. The summed E-state index contributed by atoms with van der Waals surface area (Å²) < 4.78 is 2.34. The lowest BCUT2D eigenvalue weighted by Gasteiger charge is -2.09. The average Bonchev–Trinajstić information content (AvgIpc) is 2.46. The fourth-order valence-corrected chi connectivity index (χ4v) is 2.79. The molecule has 0 aliphatic carbocycles. The summed E-state index contributed by atoms with van der Waals surface area (Å²) in [5, 5.41) is 9.93. The van der Waals surface area contributed by atoms with Crippen LogP contribution in [0.1, 0.15) is 11.1 Å². The van der Waals surface area contributed by atoms with Gasteiger partial charge in [0, 0.05) is 6.20 Å². The summed E-state index contributed by atoms with van der Waals surface area (Å²) in [6.07, 6.45) is 3.06. The first-order valence-electron chi connectivity index (χ1n) is 6.48. The van der Waals surface area contributed by atoms with Crippen molar-refractivity contribution in [2.24, 2.45) is 0 Å². The van der Waals surface area contributed by atoms with E-state index in [1.165, 1.54) is 17.8 Å². The summed E-state index contributed by atoms with van der Waals surface area (Å²) in [5.41, 5.74) is 2.61. The minimum atomic E-state index is -0.169. The zero-order valence-electron chi connectivity index (χ0n) is 11.4. The lowest BCUT2D eigenvalue weighted by molar-refractivity contribution is 0.473. The van der Waals surface area contributed by atoms with E-state index in [0.717, 1.165) is 10.0 Å². The molecule has 21 heavy (non-hydrogen) atoms. The number of aromatic hydroxyl groups is 1. The maximum absolute atomic E-state index is 12.5. The van der Waals surface area contributed by atoms with E-state index in [2.05, 4.69) is 20.9 Å². The third-order valence-corrected chi connectivity index (χ3v) is 3.91. The Morgan fingerprint density at radius 2 is 2.00 bits per heavy atom. The van der Waals surface area contributed by atoms with Gasteiger partial charge in [0.05, 0.1) is 28.1 Å². The van der Waals surface area contributed by atoms with Gasteiger partial charge in [-0.05, 0) is 34.5 Å². The van der Waals surface area contributed by atoms with E-state index in [1.807, 2.05) is 31.2 Å². The molecule has 0 unspecified atom stereocenters. The highest BCUT2D eigenvalue weighted by molar-refractivity contribution is 9.10. The highest BCUT2D eigenvalue weighted by Gasteiger charge is 2.09. The van der Waals surface area contributed by atoms with Crippen LogP contribution in [-0.2, 0) is 6.54 Å². The maximum atomic E-state index is 12.5. The van der Waals surface area contributed by atoms with Crippen LogP contribution >= 0.6 is 15.9 Å². The number of pyridine rings is 2. The number of hydrogen-bond donors (Lipinski definition) is 1. The number of fused-ring (bicyclic) bond motifs is 1. The number of aromatic nitrogens is 2. The second-order valence-electron chi connectivity index (χ2n) is 4.99. The van der Waals surface area contributed by atoms with Gasteiger partial charge in [0.15, 0.2) is 0 Å². The predicted molar refractivity (Wildman–Crippen MR) is 85.6 cm³/mol. The fourth-order valence-electron chi connectivity index (χ4n) is 2.23. The van der Waals surface area contributed by atoms with Crippen molar-refractivity contribution < 1.29 is 5.11 Å². The Morgan fingerprint density at radius 1 is 1.29 bits per heavy atom. The van der Waals surface area contributed by atoms with Gasteiger partial charge in [-0.25, -0.2) is 0 Å². The minimum Gasteiger partial charge on any atom is -0.506 e. The van der Waals surface area contributed by atoms with Crippen molar-refractivity contribution in [3.05, 3.63) is 68.7 Å². The van der Waals surface area contributed by atoms with Crippen LogP contribution in [0.3, 0.4) is 0 Å². The zero-order valence-corrected chi connectivity index (χ0v) is 13.0. The molecule has 0 bridgehead atoms.